The van der Waals surface area contributed by atoms with Crippen molar-refractivity contribution < 1.29 is 4.68 Å². The summed E-state index contributed by atoms with van der Waals surface area (Å²) in [7, 11) is 1.91. The molecule has 0 N–H and O–H groups in total. The average Bonchev–Trinajstić information content (AvgIpc) is 2.30. The SMILES string of the molecule is C[n+]1ccc(C=Cc2ccccc2)cn1. The van der Waals surface area contributed by atoms with Crippen LogP contribution in [0, 0.1) is 0 Å². The van der Waals surface area contributed by atoms with Crippen molar-refractivity contribution in [3.05, 3.63) is 59.9 Å². The Morgan fingerprint density at radius 1 is 1.00 bits per heavy atom. The third kappa shape index (κ3) is 2.74. The van der Waals surface area contributed by atoms with Crippen LogP contribution in [0.25, 0.3) is 12.2 Å². The van der Waals surface area contributed by atoms with Gasteiger partial charge in [-0.1, -0.05) is 47.2 Å². The van der Waals surface area contributed by atoms with Gasteiger partial charge in [0, 0.05) is 11.6 Å². The molecule has 1 heterocycles. The summed E-state index contributed by atoms with van der Waals surface area (Å²) in [6.07, 6.45) is 7.92. The van der Waals surface area contributed by atoms with Crippen LogP contribution in [0.2, 0.25) is 0 Å². The van der Waals surface area contributed by atoms with E-state index in [1.165, 1.54) is 5.56 Å². The quantitative estimate of drug-likeness (QED) is 0.673. The lowest BCUT2D eigenvalue weighted by Crippen LogP contribution is -2.31. The smallest absolute Gasteiger partial charge is 0.0940 e. The second-order valence-electron chi connectivity index (χ2n) is 3.38. The summed E-state index contributed by atoms with van der Waals surface area (Å²) in [6.45, 7) is 0. The van der Waals surface area contributed by atoms with Crippen LogP contribution in [0.3, 0.4) is 0 Å². The largest absolute Gasteiger partial charge is 0.196 e. The van der Waals surface area contributed by atoms with E-state index >= 15 is 0 Å². The van der Waals surface area contributed by atoms with E-state index in [9.17, 15) is 0 Å². The second-order valence-corrected chi connectivity index (χ2v) is 3.38. The number of aryl methyl sites for hydroxylation is 1. The number of hydrogen-bond donors (Lipinski definition) is 0. The zero-order valence-corrected chi connectivity index (χ0v) is 8.67. The van der Waals surface area contributed by atoms with Crippen molar-refractivity contribution in [3.63, 3.8) is 0 Å². The van der Waals surface area contributed by atoms with Crippen molar-refractivity contribution in [2.45, 2.75) is 0 Å². The number of nitrogens with zero attached hydrogens (tertiary/aromatic N) is 2. The number of aromatic nitrogens is 2. The fraction of sp³-hybridized carbons (Fsp3) is 0.0769. The first-order valence-electron chi connectivity index (χ1n) is 4.90. The highest BCUT2D eigenvalue weighted by Crippen LogP contribution is 2.05. The van der Waals surface area contributed by atoms with Gasteiger partial charge in [-0.3, -0.25) is 0 Å². The highest BCUT2D eigenvalue weighted by Gasteiger charge is 1.92. The van der Waals surface area contributed by atoms with E-state index in [4.69, 9.17) is 0 Å². The first-order chi connectivity index (χ1) is 7.34. The maximum absolute atomic E-state index is 4.16. The second kappa shape index (κ2) is 4.51. The summed E-state index contributed by atoms with van der Waals surface area (Å²) >= 11 is 0. The fourth-order valence-corrected chi connectivity index (χ4v) is 1.29. The molecule has 15 heavy (non-hydrogen) atoms. The Kier molecular flexibility index (Phi) is 2.88. The molecule has 2 aromatic rings. The average molecular weight is 197 g/mol. The van der Waals surface area contributed by atoms with Crippen molar-refractivity contribution in [2.24, 2.45) is 7.05 Å². The van der Waals surface area contributed by atoms with Gasteiger partial charge in [0.25, 0.3) is 0 Å². The van der Waals surface area contributed by atoms with E-state index in [0.717, 1.165) is 5.56 Å². The van der Waals surface area contributed by atoms with Crippen LogP contribution in [0.1, 0.15) is 11.1 Å². The first-order valence-corrected chi connectivity index (χ1v) is 4.90. The maximum atomic E-state index is 4.16. The molecule has 74 valence electrons. The van der Waals surface area contributed by atoms with Crippen molar-refractivity contribution in [1.29, 1.82) is 0 Å². The van der Waals surface area contributed by atoms with E-state index < -0.39 is 0 Å². The summed E-state index contributed by atoms with van der Waals surface area (Å²) in [5.74, 6) is 0. The molecule has 2 rings (SSSR count). The molecule has 0 amide bonds. The normalized spacial score (nSPS) is 10.7. The first kappa shape index (κ1) is 9.59. The highest BCUT2D eigenvalue weighted by molar-refractivity contribution is 5.68. The van der Waals surface area contributed by atoms with E-state index in [2.05, 4.69) is 29.4 Å². The summed E-state index contributed by atoms with van der Waals surface area (Å²) in [4.78, 5) is 0. The van der Waals surface area contributed by atoms with Crippen molar-refractivity contribution in [1.82, 2.24) is 5.10 Å². The molecular formula is C13H13N2+. The van der Waals surface area contributed by atoms with Crippen LogP contribution in [-0.4, -0.2) is 5.10 Å². The Bertz CT molecular complexity index is 444. The Balaban J connectivity index is 2.15. The Morgan fingerprint density at radius 3 is 2.40 bits per heavy atom. The molecule has 2 nitrogen and oxygen atoms in total. The van der Waals surface area contributed by atoms with Gasteiger partial charge in [0.2, 0.25) is 0 Å². The molecule has 1 aromatic carbocycles. The molecule has 0 aliphatic carbocycles. The van der Waals surface area contributed by atoms with Crippen LogP contribution < -0.4 is 4.68 Å². The molecule has 0 saturated heterocycles. The molecule has 0 bridgehead atoms. The monoisotopic (exact) mass is 197 g/mol. The van der Waals surface area contributed by atoms with Gasteiger partial charge in [-0.05, 0) is 10.7 Å². The van der Waals surface area contributed by atoms with Crippen molar-refractivity contribution in [3.8, 4) is 0 Å². The number of rotatable bonds is 2. The zero-order valence-electron chi connectivity index (χ0n) is 8.67. The van der Waals surface area contributed by atoms with E-state index in [1.54, 1.807) is 4.68 Å². The molecular weight excluding hydrogens is 184 g/mol. The highest BCUT2D eigenvalue weighted by atomic mass is 15.2. The molecule has 0 spiro atoms. The molecule has 0 aliphatic heterocycles. The molecule has 0 aliphatic rings. The molecule has 2 heteroatoms. The lowest BCUT2D eigenvalue weighted by atomic mass is 10.2. The van der Waals surface area contributed by atoms with E-state index in [1.807, 2.05) is 43.7 Å². The summed E-state index contributed by atoms with van der Waals surface area (Å²) in [6, 6.07) is 12.3. The van der Waals surface area contributed by atoms with Crippen molar-refractivity contribution >= 4 is 12.2 Å². The Labute approximate surface area is 89.5 Å². The third-order valence-corrected chi connectivity index (χ3v) is 2.14. The zero-order chi connectivity index (χ0) is 10.5. The molecule has 0 unspecified atom stereocenters. The lowest BCUT2D eigenvalue weighted by molar-refractivity contribution is -0.730. The van der Waals surface area contributed by atoms with Crippen LogP contribution >= 0.6 is 0 Å². The van der Waals surface area contributed by atoms with E-state index in [0.29, 0.717) is 0 Å². The Hall–Kier alpha value is -1.96. The van der Waals surface area contributed by atoms with Gasteiger partial charge in [-0.25, -0.2) is 0 Å². The third-order valence-electron chi connectivity index (χ3n) is 2.14. The number of hydrogen-bond acceptors (Lipinski definition) is 1. The predicted molar refractivity (Wildman–Crippen MR) is 60.8 cm³/mol. The maximum Gasteiger partial charge on any atom is 0.196 e. The molecule has 0 radical (unpaired) electrons. The van der Waals surface area contributed by atoms with Gasteiger partial charge in [0.15, 0.2) is 13.2 Å². The van der Waals surface area contributed by atoms with E-state index in [-0.39, 0.29) is 0 Å². The van der Waals surface area contributed by atoms with Crippen LogP contribution in [0.15, 0.2) is 48.8 Å². The minimum Gasteiger partial charge on any atom is -0.0940 e. The molecule has 1 aromatic heterocycles. The predicted octanol–water partition coefficient (Wildman–Crippen LogP) is 2.08. The topological polar surface area (TPSA) is 16.8 Å². The minimum absolute atomic E-state index is 1.11. The fourth-order valence-electron chi connectivity index (χ4n) is 1.29. The van der Waals surface area contributed by atoms with Crippen molar-refractivity contribution in [2.75, 3.05) is 0 Å². The van der Waals surface area contributed by atoms with Gasteiger partial charge in [-0.2, -0.15) is 0 Å². The van der Waals surface area contributed by atoms with Crippen LogP contribution in [-0.2, 0) is 7.05 Å². The minimum atomic E-state index is 1.11. The van der Waals surface area contributed by atoms with Gasteiger partial charge in [0.05, 0.1) is 0 Å². The molecule has 0 saturated carbocycles. The number of benzene rings is 1. The molecule has 0 atom stereocenters. The summed E-state index contributed by atoms with van der Waals surface area (Å²) in [5, 5.41) is 4.16. The Morgan fingerprint density at radius 2 is 1.73 bits per heavy atom. The van der Waals surface area contributed by atoms with Gasteiger partial charge in [0.1, 0.15) is 6.20 Å². The lowest BCUT2D eigenvalue weighted by Gasteiger charge is -1.91. The van der Waals surface area contributed by atoms with Gasteiger partial charge < -0.3 is 0 Å². The molecule has 0 fully saturated rings. The van der Waals surface area contributed by atoms with Gasteiger partial charge >= 0.3 is 0 Å². The van der Waals surface area contributed by atoms with Crippen LogP contribution in [0.5, 0.6) is 0 Å². The summed E-state index contributed by atoms with van der Waals surface area (Å²) in [5.41, 5.74) is 2.31. The summed E-state index contributed by atoms with van der Waals surface area (Å²) < 4.78 is 1.78. The van der Waals surface area contributed by atoms with Gasteiger partial charge in [-0.15, -0.1) is 0 Å². The van der Waals surface area contributed by atoms with Crippen LogP contribution in [0.4, 0.5) is 0 Å². The standard InChI is InChI=1S/C13H13N2/c1-15-10-9-13(11-14-15)8-7-12-5-3-2-4-6-12/h2-11H,1H3/q+1.